The molecule has 0 aromatic heterocycles. The van der Waals surface area contributed by atoms with Crippen molar-refractivity contribution < 1.29 is 9.47 Å². The van der Waals surface area contributed by atoms with Gasteiger partial charge in [0.15, 0.2) is 0 Å². The first-order valence-corrected chi connectivity index (χ1v) is 6.25. The molecule has 17 heavy (non-hydrogen) atoms. The van der Waals surface area contributed by atoms with E-state index in [4.69, 9.17) is 9.47 Å². The van der Waals surface area contributed by atoms with Crippen molar-refractivity contribution in [3.05, 3.63) is 29.8 Å². The number of hydrogen-bond acceptors (Lipinski definition) is 3. The maximum absolute atomic E-state index is 5.79. The Morgan fingerprint density at radius 2 is 2.18 bits per heavy atom. The topological polar surface area (TPSA) is 30.5 Å². The lowest BCUT2D eigenvalue weighted by Crippen LogP contribution is -2.20. The smallest absolute Gasteiger partial charge is 0.0751 e. The molecule has 0 aliphatic carbocycles. The summed E-state index contributed by atoms with van der Waals surface area (Å²) in [6.07, 6.45) is 3.09. The maximum Gasteiger partial charge on any atom is 0.0751 e. The molecular formula is C14H21NO2. The number of rotatable bonds is 5. The zero-order chi connectivity index (χ0) is 12.1. The largest absolute Gasteiger partial charge is 0.382 e. The lowest BCUT2D eigenvalue weighted by Gasteiger charge is -2.15. The predicted octanol–water partition coefficient (Wildman–Crippen LogP) is 2.81. The van der Waals surface area contributed by atoms with Gasteiger partial charge in [0.1, 0.15) is 0 Å². The molecule has 2 rings (SSSR count). The molecule has 0 spiro atoms. The second-order valence-electron chi connectivity index (χ2n) is 4.62. The number of nitrogens with one attached hydrogen (secondary N) is 1. The van der Waals surface area contributed by atoms with Crippen LogP contribution in [0.2, 0.25) is 0 Å². The molecule has 1 aromatic rings. The third-order valence-corrected chi connectivity index (χ3v) is 3.16. The Morgan fingerprint density at radius 1 is 1.35 bits per heavy atom. The molecule has 94 valence electrons. The Kier molecular flexibility index (Phi) is 4.40. The molecule has 0 bridgehead atoms. The highest BCUT2D eigenvalue weighted by Gasteiger charge is 2.21. The van der Waals surface area contributed by atoms with Gasteiger partial charge in [-0.1, -0.05) is 18.2 Å². The van der Waals surface area contributed by atoms with Crippen LogP contribution in [0.4, 0.5) is 5.69 Å². The van der Waals surface area contributed by atoms with Crippen LogP contribution in [0.3, 0.4) is 0 Å². The number of anilines is 1. The van der Waals surface area contributed by atoms with Crippen LogP contribution < -0.4 is 5.32 Å². The van der Waals surface area contributed by atoms with Crippen LogP contribution in [0.5, 0.6) is 0 Å². The molecule has 1 aliphatic heterocycles. The fourth-order valence-electron chi connectivity index (χ4n) is 2.23. The molecule has 0 amide bonds. The van der Waals surface area contributed by atoms with Crippen molar-refractivity contribution in [3.63, 3.8) is 0 Å². The van der Waals surface area contributed by atoms with Gasteiger partial charge in [-0.2, -0.15) is 0 Å². The fourth-order valence-corrected chi connectivity index (χ4v) is 2.23. The molecule has 3 nitrogen and oxygen atoms in total. The van der Waals surface area contributed by atoms with Gasteiger partial charge >= 0.3 is 0 Å². The molecule has 2 unspecified atom stereocenters. The van der Waals surface area contributed by atoms with Gasteiger partial charge in [0.2, 0.25) is 0 Å². The van der Waals surface area contributed by atoms with E-state index in [1.54, 1.807) is 7.11 Å². The summed E-state index contributed by atoms with van der Waals surface area (Å²) in [7, 11) is 1.72. The van der Waals surface area contributed by atoms with Crippen LogP contribution in [-0.4, -0.2) is 25.9 Å². The number of hydrogen-bond donors (Lipinski definition) is 1. The third kappa shape index (κ3) is 3.45. The summed E-state index contributed by atoms with van der Waals surface area (Å²) in [4.78, 5) is 0. The van der Waals surface area contributed by atoms with E-state index in [9.17, 15) is 0 Å². The van der Waals surface area contributed by atoms with Gasteiger partial charge in [-0.25, -0.2) is 0 Å². The molecule has 1 aromatic carbocycles. The highest BCUT2D eigenvalue weighted by Crippen LogP contribution is 2.21. The highest BCUT2D eigenvalue weighted by atomic mass is 16.5. The standard InChI is InChI=1S/C14H21NO2/c1-11-7-8-13(17-11)9-15-14-6-4-3-5-12(14)10-16-2/h3-6,11,13,15H,7-10H2,1-2H3. The first kappa shape index (κ1) is 12.4. The normalized spacial score (nSPS) is 23.9. The quantitative estimate of drug-likeness (QED) is 0.851. The van der Waals surface area contributed by atoms with E-state index in [1.807, 2.05) is 12.1 Å². The van der Waals surface area contributed by atoms with Crippen LogP contribution >= 0.6 is 0 Å². The van der Waals surface area contributed by atoms with Gasteiger partial charge in [-0.3, -0.25) is 0 Å². The second-order valence-corrected chi connectivity index (χ2v) is 4.62. The second kappa shape index (κ2) is 6.03. The van der Waals surface area contributed by atoms with Crippen molar-refractivity contribution in [2.24, 2.45) is 0 Å². The summed E-state index contributed by atoms with van der Waals surface area (Å²) in [6, 6.07) is 8.25. The summed E-state index contributed by atoms with van der Waals surface area (Å²) in [5.74, 6) is 0. The molecule has 1 N–H and O–H groups in total. The summed E-state index contributed by atoms with van der Waals surface area (Å²) in [5, 5.41) is 3.46. The Morgan fingerprint density at radius 3 is 2.88 bits per heavy atom. The van der Waals surface area contributed by atoms with Crippen LogP contribution in [0.1, 0.15) is 25.3 Å². The minimum Gasteiger partial charge on any atom is -0.382 e. The zero-order valence-electron chi connectivity index (χ0n) is 10.6. The molecule has 1 fully saturated rings. The molecule has 1 aliphatic rings. The van der Waals surface area contributed by atoms with Gasteiger partial charge in [0.25, 0.3) is 0 Å². The Labute approximate surface area is 103 Å². The summed E-state index contributed by atoms with van der Waals surface area (Å²) in [6.45, 7) is 3.66. The average molecular weight is 235 g/mol. The van der Waals surface area contributed by atoms with Crippen LogP contribution in [0.15, 0.2) is 24.3 Å². The molecule has 3 heteroatoms. The van der Waals surface area contributed by atoms with E-state index in [2.05, 4.69) is 24.4 Å². The lowest BCUT2D eigenvalue weighted by molar-refractivity contribution is 0.0636. The van der Waals surface area contributed by atoms with Gasteiger partial charge < -0.3 is 14.8 Å². The summed E-state index contributed by atoms with van der Waals surface area (Å²) >= 11 is 0. The number of ether oxygens (including phenoxy) is 2. The van der Waals surface area contributed by atoms with E-state index in [0.29, 0.717) is 18.8 Å². The van der Waals surface area contributed by atoms with E-state index in [0.717, 1.165) is 18.7 Å². The first-order chi connectivity index (χ1) is 8.29. The zero-order valence-corrected chi connectivity index (χ0v) is 10.6. The molecule has 1 heterocycles. The van der Waals surface area contributed by atoms with E-state index in [-0.39, 0.29) is 0 Å². The van der Waals surface area contributed by atoms with Crippen molar-refractivity contribution in [2.45, 2.75) is 38.6 Å². The van der Waals surface area contributed by atoms with Crippen LogP contribution in [-0.2, 0) is 16.1 Å². The molecule has 1 saturated heterocycles. The number of benzene rings is 1. The number of para-hydroxylation sites is 1. The predicted molar refractivity (Wildman–Crippen MR) is 69.2 cm³/mol. The first-order valence-electron chi connectivity index (χ1n) is 6.25. The SMILES string of the molecule is COCc1ccccc1NCC1CCC(C)O1. The molecular weight excluding hydrogens is 214 g/mol. The monoisotopic (exact) mass is 235 g/mol. The van der Waals surface area contributed by atoms with Crippen molar-refractivity contribution >= 4 is 5.69 Å². The van der Waals surface area contributed by atoms with Crippen molar-refractivity contribution in [2.75, 3.05) is 19.0 Å². The Hall–Kier alpha value is -1.06. The van der Waals surface area contributed by atoms with Gasteiger partial charge in [-0.05, 0) is 25.8 Å². The van der Waals surface area contributed by atoms with E-state index in [1.165, 1.54) is 12.0 Å². The van der Waals surface area contributed by atoms with Crippen LogP contribution in [0.25, 0.3) is 0 Å². The van der Waals surface area contributed by atoms with Crippen molar-refractivity contribution in [3.8, 4) is 0 Å². The van der Waals surface area contributed by atoms with Gasteiger partial charge in [0, 0.05) is 24.9 Å². The summed E-state index contributed by atoms with van der Waals surface area (Å²) < 4.78 is 11.0. The average Bonchev–Trinajstić information content (AvgIpc) is 2.74. The lowest BCUT2D eigenvalue weighted by atomic mass is 10.1. The van der Waals surface area contributed by atoms with Crippen molar-refractivity contribution in [1.29, 1.82) is 0 Å². The Balaban J connectivity index is 1.89. The van der Waals surface area contributed by atoms with E-state index < -0.39 is 0 Å². The van der Waals surface area contributed by atoms with Crippen LogP contribution in [0, 0.1) is 0 Å². The number of methoxy groups -OCH3 is 1. The van der Waals surface area contributed by atoms with Gasteiger partial charge in [0.05, 0.1) is 18.8 Å². The summed E-state index contributed by atoms with van der Waals surface area (Å²) in [5.41, 5.74) is 2.35. The maximum atomic E-state index is 5.79. The third-order valence-electron chi connectivity index (χ3n) is 3.16. The van der Waals surface area contributed by atoms with E-state index >= 15 is 0 Å². The Bertz CT molecular complexity index is 354. The molecule has 0 saturated carbocycles. The minimum absolute atomic E-state index is 0.348. The highest BCUT2D eigenvalue weighted by molar-refractivity contribution is 5.50. The fraction of sp³-hybridized carbons (Fsp3) is 0.571. The molecule has 0 radical (unpaired) electrons. The van der Waals surface area contributed by atoms with Gasteiger partial charge in [-0.15, -0.1) is 0 Å². The minimum atomic E-state index is 0.348. The van der Waals surface area contributed by atoms with Crippen molar-refractivity contribution in [1.82, 2.24) is 0 Å². The molecule has 2 atom stereocenters.